The minimum atomic E-state index is -0.545. The maximum absolute atomic E-state index is 11.6. The van der Waals surface area contributed by atoms with Crippen molar-refractivity contribution in [3.8, 4) is 0 Å². The van der Waals surface area contributed by atoms with Gasteiger partial charge in [0.05, 0.1) is 12.1 Å². The molecule has 0 aromatic heterocycles. The smallest absolute Gasteiger partial charge is 0.237 e. The summed E-state index contributed by atoms with van der Waals surface area (Å²) in [5, 5.41) is 12.2. The van der Waals surface area contributed by atoms with Gasteiger partial charge in [-0.05, 0) is 11.3 Å². The molecule has 0 heterocycles. The second-order valence-electron chi connectivity index (χ2n) is 5.40. The number of aliphatic hydroxyl groups excluding tert-OH is 1. The highest BCUT2D eigenvalue weighted by Gasteiger charge is 2.27. The quantitative estimate of drug-likeness (QED) is 0.640. The number of amides is 1. The Morgan fingerprint density at radius 3 is 2.20 bits per heavy atom. The van der Waals surface area contributed by atoms with Crippen LogP contribution in [0.4, 0.5) is 0 Å². The zero-order chi connectivity index (χ0) is 12.2. The fraction of sp³-hybridized carbons (Fsp3) is 0.909. The van der Waals surface area contributed by atoms with Gasteiger partial charge in [0, 0.05) is 6.54 Å². The maximum Gasteiger partial charge on any atom is 0.237 e. The summed E-state index contributed by atoms with van der Waals surface area (Å²) in [5.41, 5.74) is 5.51. The van der Waals surface area contributed by atoms with Crippen LogP contribution in [0.3, 0.4) is 0 Å². The molecular weight excluding hydrogens is 192 g/mol. The molecule has 0 saturated heterocycles. The molecule has 0 radical (unpaired) electrons. The Hall–Kier alpha value is -0.610. The van der Waals surface area contributed by atoms with Gasteiger partial charge in [0.25, 0.3) is 0 Å². The summed E-state index contributed by atoms with van der Waals surface area (Å²) in [6.07, 6.45) is -0.513. The van der Waals surface area contributed by atoms with Crippen molar-refractivity contribution in [1.82, 2.24) is 5.32 Å². The van der Waals surface area contributed by atoms with Gasteiger partial charge in [-0.2, -0.15) is 0 Å². The van der Waals surface area contributed by atoms with E-state index < -0.39 is 12.1 Å². The first kappa shape index (κ1) is 14.4. The molecule has 0 aromatic carbocycles. The topological polar surface area (TPSA) is 75.3 Å². The monoisotopic (exact) mass is 216 g/mol. The number of carbonyl (C=O) groups excluding carboxylic acids is 1. The van der Waals surface area contributed by atoms with Crippen LogP contribution in [0.2, 0.25) is 0 Å². The fourth-order valence-electron chi connectivity index (χ4n) is 0.944. The van der Waals surface area contributed by atoms with Gasteiger partial charge < -0.3 is 16.2 Å². The largest absolute Gasteiger partial charge is 0.391 e. The van der Waals surface area contributed by atoms with Crippen molar-refractivity contribution in [1.29, 1.82) is 0 Å². The lowest BCUT2D eigenvalue weighted by Crippen LogP contribution is -2.50. The van der Waals surface area contributed by atoms with E-state index in [9.17, 15) is 9.90 Å². The van der Waals surface area contributed by atoms with Crippen LogP contribution in [0.5, 0.6) is 0 Å². The zero-order valence-electron chi connectivity index (χ0n) is 10.4. The lowest BCUT2D eigenvalue weighted by molar-refractivity contribution is -0.125. The third kappa shape index (κ3) is 5.14. The third-order valence-corrected chi connectivity index (χ3v) is 2.47. The highest BCUT2D eigenvalue weighted by Crippen LogP contribution is 2.17. The summed E-state index contributed by atoms with van der Waals surface area (Å²) < 4.78 is 0. The van der Waals surface area contributed by atoms with Crippen LogP contribution in [0, 0.1) is 11.3 Å². The van der Waals surface area contributed by atoms with E-state index in [1.54, 1.807) is 0 Å². The number of hydrogen-bond acceptors (Lipinski definition) is 3. The maximum atomic E-state index is 11.6. The number of carbonyl (C=O) groups is 1. The Morgan fingerprint density at radius 1 is 1.40 bits per heavy atom. The third-order valence-electron chi connectivity index (χ3n) is 2.47. The molecule has 0 aliphatic carbocycles. The molecule has 0 bridgehead atoms. The van der Waals surface area contributed by atoms with Gasteiger partial charge in [-0.15, -0.1) is 0 Å². The Labute approximate surface area is 92.2 Å². The van der Waals surface area contributed by atoms with Crippen molar-refractivity contribution in [3.05, 3.63) is 0 Å². The second kappa shape index (κ2) is 5.47. The van der Waals surface area contributed by atoms with Gasteiger partial charge in [0.2, 0.25) is 5.91 Å². The van der Waals surface area contributed by atoms with Gasteiger partial charge in [-0.25, -0.2) is 0 Å². The first-order chi connectivity index (χ1) is 6.66. The van der Waals surface area contributed by atoms with E-state index in [0.717, 1.165) is 0 Å². The van der Waals surface area contributed by atoms with E-state index in [4.69, 9.17) is 5.73 Å². The summed E-state index contributed by atoms with van der Waals surface area (Å²) in [6, 6.07) is -0.545. The van der Waals surface area contributed by atoms with Crippen LogP contribution in [0.25, 0.3) is 0 Å². The van der Waals surface area contributed by atoms with Crippen LogP contribution < -0.4 is 11.1 Å². The molecule has 4 N–H and O–H groups in total. The number of nitrogens with two attached hydrogens (primary N) is 1. The molecular formula is C11H24N2O2. The molecule has 0 aliphatic rings. The van der Waals surface area contributed by atoms with Crippen LogP contribution in [-0.2, 0) is 4.79 Å². The first-order valence-corrected chi connectivity index (χ1v) is 5.37. The van der Waals surface area contributed by atoms with E-state index >= 15 is 0 Å². The van der Waals surface area contributed by atoms with E-state index in [1.165, 1.54) is 0 Å². The lowest BCUT2D eigenvalue weighted by Gasteiger charge is -2.26. The minimum absolute atomic E-state index is 0.135. The summed E-state index contributed by atoms with van der Waals surface area (Å²) in [7, 11) is 0. The summed E-state index contributed by atoms with van der Waals surface area (Å²) in [6.45, 7) is 9.81. The SMILES string of the molecule is CC(C)C(O)CNC(=O)C(N)C(C)(C)C. The van der Waals surface area contributed by atoms with Crippen molar-refractivity contribution in [2.75, 3.05) is 6.54 Å². The molecule has 2 atom stereocenters. The summed E-state index contributed by atoms with van der Waals surface area (Å²) >= 11 is 0. The van der Waals surface area contributed by atoms with Crippen molar-refractivity contribution < 1.29 is 9.90 Å². The first-order valence-electron chi connectivity index (χ1n) is 5.37. The Bertz CT molecular complexity index is 209. The molecule has 4 heteroatoms. The van der Waals surface area contributed by atoms with Gasteiger partial charge in [-0.1, -0.05) is 34.6 Å². The molecule has 4 nitrogen and oxygen atoms in total. The molecule has 0 aromatic rings. The van der Waals surface area contributed by atoms with Crippen molar-refractivity contribution >= 4 is 5.91 Å². The van der Waals surface area contributed by atoms with E-state index in [-0.39, 0.29) is 23.8 Å². The number of hydrogen-bond donors (Lipinski definition) is 3. The minimum Gasteiger partial charge on any atom is -0.391 e. The van der Waals surface area contributed by atoms with Crippen molar-refractivity contribution in [3.63, 3.8) is 0 Å². The summed E-state index contributed by atoms with van der Waals surface area (Å²) in [5.74, 6) is -0.0710. The standard InChI is InChI=1S/C11H24N2O2/c1-7(2)8(14)6-13-10(15)9(12)11(3,4)5/h7-9,14H,6,12H2,1-5H3,(H,13,15). The van der Waals surface area contributed by atoms with Crippen molar-refractivity contribution in [2.45, 2.75) is 46.8 Å². The highest BCUT2D eigenvalue weighted by molar-refractivity contribution is 5.82. The molecule has 0 aliphatic heterocycles. The second-order valence-corrected chi connectivity index (χ2v) is 5.40. The average molecular weight is 216 g/mol. The van der Waals surface area contributed by atoms with Crippen LogP contribution in [-0.4, -0.2) is 29.7 Å². The number of rotatable bonds is 4. The van der Waals surface area contributed by atoms with E-state index in [0.29, 0.717) is 0 Å². The van der Waals surface area contributed by atoms with Crippen LogP contribution in [0.15, 0.2) is 0 Å². The van der Waals surface area contributed by atoms with Crippen molar-refractivity contribution in [2.24, 2.45) is 17.1 Å². The zero-order valence-corrected chi connectivity index (χ0v) is 10.4. The lowest BCUT2D eigenvalue weighted by atomic mass is 9.87. The number of aliphatic hydroxyl groups is 1. The molecule has 0 rings (SSSR count). The molecule has 2 unspecified atom stereocenters. The average Bonchev–Trinajstić information content (AvgIpc) is 2.10. The van der Waals surface area contributed by atoms with Gasteiger partial charge in [-0.3, -0.25) is 4.79 Å². The Balaban J connectivity index is 4.05. The van der Waals surface area contributed by atoms with Gasteiger partial charge in [0.1, 0.15) is 0 Å². The molecule has 0 fully saturated rings. The van der Waals surface area contributed by atoms with E-state index in [2.05, 4.69) is 5.32 Å². The molecule has 0 saturated carbocycles. The van der Waals surface area contributed by atoms with Crippen LogP contribution >= 0.6 is 0 Å². The Kier molecular flexibility index (Phi) is 5.24. The Morgan fingerprint density at radius 2 is 1.87 bits per heavy atom. The molecule has 1 amide bonds. The predicted octanol–water partition coefficient (Wildman–Crippen LogP) is 0.493. The normalized spacial score (nSPS) is 16.3. The fourth-order valence-corrected chi connectivity index (χ4v) is 0.944. The van der Waals surface area contributed by atoms with Crippen LogP contribution in [0.1, 0.15) is 34.6 Å². The molecule has 15 heavy (non-hydrogen) atoms. The van der Waals surface area contributed by atoms with Gasteiger partial charge in [0.15, 0.2) is 0 Å². The predicted molar refractivity (Wildman–Crippen MR) is 61.3 cm³/mol. The molecule has 90 valence electrons. The number of nitrogens with one attached hydrogen (secondary N) is 1. The molecule has 0 spiro atoms. The highest BCUT2D eigenvalue weighted by atomic mass is 16.3. The van der Waals surface area contributed by atoms with Gasteiger partial charge >= 0.3 is 0 Å². The van der Waals surface area contributed by atoms with E-state index in [1.807, 2.05) is 34.6 Å². The summed E-state index contributed by atoms with van der Waals surface area (Å²) in [4.78, 5) is 11.6.